The number of hydrogen-bond donors (Lipinski definition) is 2. The summed E-state index contributed by atoms with van der Waals surface area (Å²) in [6.07, 6.45) is 1.39. The molecular formula is C7H7N5O. The highest BCUT2D eigenvalue weighted by molar-refractivity contribution is 6.03. The van der Waals surface area contributed by atoms with Crippen LogP contribution in [0.15, 0.2) is 6.33 Å². The van der Waals surface area contributed by atoms with Gasteiger partial charge in [-0.15, -0.1) is 0 Å². The Morgan fingerprint density at radius 1 is 1.54 bits per heavy atom. The monoisotopic (exact) mass is 177 g/mol. The maximum absolute atomic E-state index is 10.9. The summed E-state index contributed by atoms with van der Waals surface area (Å²) in [7, 11) is 0. The number of primary amides is 1. The second-order valence-corrected chi connectivity index (χ2v) is 2.62. The molecule has 2 heterocycles. The molecule has 0 aliphatic rings. The van der Waals surface area contributed by atoms with Crippen LogP contribution >= 0.6 is 0 Å². The molecule has 0 saturated carbocycles. The number of aryl methyl sites for hydroxylation is 1. The highest BCUT2D eigenvalue weighted by Crippen LogP contribution is 2.14. The van der Waals surface area contributed by atoms with Crippen molar-refractivity contribution in [1.82, 2.24) is 20.2 Å². The van der Waals surface area contributed by atoms with E-state index in [1.807, 2.05) is 0 Å². The Bertz CT molecular complexity index is 475. The minimum Gasteiger partial charge on any atom is -0.364 e. The highest BCUT2D eigenvalue weighted by atomic mass is 16.1. The molecule has 0 bridgehead atoms. The summed E-state index contributed by atoms with van der Waals surface area (Å²) in [5.74, 6) is -0.555. The van der Waals surface area contributed by atoms with E-state index in [1.54, 1.807) is 6.92 Å². The van der Waals surface area contributed by atoms with E-state index in [0.29, 0.717) is 16.7 Å². The van der Waals surface area contributed by atoms with Crippen molar-refractivity contribution in [3.63, 3.8) is 0 Å². The fraction of sp³-hybridized carbons (Fsp3) is 0.143. The number of hydrogen-bond acceptors (Lipinski definition) is 4. The van der Waals surface area contributed by atoms with E-state index in [1.165, 1.54) is 6.33 Å². The van der Waals surface area contributed by atoms with Gasteiger partial charge in [-0.1, -0.05) is 0 Å². The first kappa shape index (κ1) is 7.66. The topological polar surface area (TPSA) is 97.6 Å². The molecule has 0 aliphatic heterocycles. The first-order valence-electron chi connectivity index (χ1n) is 3.65. The van der Waals surface area contributed by atoms with E-state index in [4.69, 9.17) is 5.73 Å². The lowest BCUT2D eigenvalue weighted by molar-refractivity contribution is 0.0997. The molecule has 0 atom stereocenters. The van der Waals surface area contributed by atoms with Gasteiger partial charge in [0.15, 0.2) is 5.65 Å². The lowest BCUT2D eigenvalue weighted by atomic mass is 10.2. The van der Waals surface area contributed by atoms with E-state index in [-0.39, 0.29) is 5.69 Å². The van der Waals surface area contributed by atoms with Crippen LogP contribution in [0.25, 0.3) is 11.0 Å². The molecule has 0 unspecified atom stereocenters. The number of carbonyl (C=O) groups excluding carboxylic acids is 1. The van der Waals surface area contributed by atoms with E-state index < -0.39 is 5.91 Å². The predicted molar refractivity (Wildman–Crippen MR) is 44.9 cm³/mol. The van der Waals surface area contributed by atoms with Gasteiger partial charge < -0.3 is 5.73 Å². The molecular weight excluding hydrogens is 170 g/mol. The van der Waals surface area contributed by atoms with E-state index in [9.17, 15) is 4.79 Å². The molecule has 13 heavy (non-hydrogen) atoms. The largest absolute Gasteiger partial charge is 0.364 e. The Balaban J connectivity index is 2.86. The van der Waals surface area contributed by atoms with Gasteiger partial charge in [0.05, 0.1) is 11.1 Å². The summed E-state index contributed by atoms with van der Waals surface area (Å²) in [4.78, 5) is 18.8. The number of rotatable bonds is 1. The summed E-state index contributed by atoms with van der Waals surface area (Å²) in [5.41, 5.74) is 6.53. The fourth-order valence-electron chi connectivity index (χ4n) is 1.18. The van der Waals surface area contributed by atoms with Crippen molar-refractivity contribution in [1.29, 1.82) is 0 Å². The number of H-pyrrole nitrogens is 1. The van der Waals surface area contributed by atoms with Gasteiger partial charge in [-0.05, 0) is 6.92 Å². The van der Waals surface area contributed by atoms with Gasteiger partial charge in [-0.3, -0.25) is 9.89 Å². The Kier molecular flexibility index (Phi) is 1.48. The van der Waals surface area contributed by atoms with Crippen molar-refractivity contribution in [2.75, 3.05) is 0 Å². The van der Waals surface area contributed by atoms with E-state index in [0.717, 1.165) is 0 Å². The first-order chi connectivity index (χ1) is 6.20. The summed E-state index contributed by atoms with van der Waals surface area (Å²) >= 11 is 0. The van der Waals surface area contributed by atoms with Gasteiger partial charge in [-0.25, -0.2) is 9.97 Å². The van der Waals surface area contributed by atoms with Crippen LogP contribution in [0.3, 0.4) is 0 Å². The van der Waals surface area contributed by atoms with Gasteiger partial charge >= 0.3 is 0 Å². The quantitative estimate of drug-likeness (QED) is 0.628. The average molecular weight is 177 g/mol. The van der Waals surface area contributed by atoms with Crippen LogP contribution in [0.4, 0.5) is 0 Å². The van der Waals surface area contributed by atoms with Crippen molar-refractivity contribution in [3.8, 4) is 0 Å². The maximum Gasteiger partial charge on any atom is 0.267 e. The number of fused-ring (bicyclic) bond motifs is 1. The van der Waals surface area contributed by atoms with Gasteiger partial charge in [-0.2, -0.15) is 5.10 Å². The molecule has 0 radical (unpaired) electrons. The SMILES string of the molecule is Cc1ncnc2n[nH]c(C(N)=O)c12. The van der Waals surface area contributed by atoms with Crippen molar-refractivity contribution in [3.05, 3.63) is 17.7 Å². The number of aromatic amines is 1. The molecule has 0 fully saturated rings. The second kappa shape index (κ2) is 2.51. The normalized spacial score (nSPS) is 10.5. The minimum absolute atomic E-state index is 0.258. The van der Waals surface area contributed by atoms with Crippen LogP contribution < -0.4 is 5.73 Å². The molecule has 6 nitrogen and oxygen atoms in total. The third-order valence-electron chi connectivity index (χ3n) is 1.79. The number of nitrogens with zero attached hydrogens (tertiary/aromatic N) is 3. The van der Waals surface area contributed by atoms with Gasteiger partial charge in [0.25, 0.3) is 5.91 Å². The third kappa shape index (κ3) is 1.03. The van der Waals surface area contributed by atoms with Crippen LogP contribution in [0.2, 0.25) is 0 Å². The van der Waals surface area contributed by atoms with Crippen LogP contribution in [-0.4, -0.2) is 26.1 Å². The van der Waals surface area contributed by atoms with Crippen LogP contribution in [0, 0.1) is 6.92 Å². The molecule has 3 N–H and O–H groups in total. The Morgan fingerprint density at radius 3 is 3.00 bits per heavy atom. The summed E-state index contributed by atoms with van der Waals surface area (Å²) in [5, 5.41) is 6.94. The summed E-state index contributed by atoms with van der Waals surface area (Å²) in [6, 6.07) is 0. The summed E-state index contributed by atoms with van der Waals surface area (Å²) < 4.78 is 0. The van der Waals surface area contributed by atoms with Crippen LogP contribution in [0.5, 0.6) is 0 Å². The molecule has 0 aromatic carbocycles. The summed E-state index contributed by atoms with van der Waals surface area (Å²) in [6.45, 7) is 1.77. The molecule has 2 aromatic heterocycles. The van der Waals surface area contributed by atoms with Gasteiger partial charge in [0.1, 0.15) is 12.0 Å². The molecule has 0 spiro atoms. The van der Waals surface area contributed by atoms with Crippen LogP contribution in [-0.2, 0) is 0 Å². The van der Waals surface area contributed by atoms with Crippen molar-refractivity contribution >= 4 is 16.9 Å². The third-order valence-corrected chi connectivity index (χ3v) is 1.79. The maximum atomic E-state index is 10.9. The molecule has 2 rings (SSSR count). The van der Waals surface area contributed by atoms with Gasteiger partial charge in [0, 0.05) is 0 Å². The first-order valence-corrected chi connectivity index (χ1v) is 3.65. The number of amides is 1. The zero-order chi connectivity index (χ0) is 9.42. The number of nitrogens with two attached hydrogens (primary N) is 1. The van der Waals surface area contributed by atoms with Crippen LogP contribution in [0.1, 0.15) is 16.2 Å². The molecule has 0 saturated heterocycles. The smallest absolute Gasteiger partial charge is 0.267 e. The molecule has 1 amide bonds. The van der Waals surface area contributed by atoms with Crippen molar-refractivity contribution in [2.24, 2.45) is 5.73 Å². The lowest BCUT2D eigenvalue weighted by Gasteiger charge is -1.93. The van der Waals surface area contributed by atoms with Crippen molar-refractivity contribution in [2.45, 2.75) is 6.92 Å². The Labute approximate surface area is 73.2 Å². The molecule has 2 aromatic rings. The fourth-order valence-corrected chi connectivity index (χ4v) is 1.18. The Morgan fingerprint density at radius 2 is 2.31 bits per heavy atom. The van der Waals surface area contributed by atoms with Crippen molar-refractivity contribution < 1.29 is 4.79 Å². The molecule has 6 heteroatoms. The second-order valence-electron chi connectivity index (χ2n) is 2.62. The standard InChI is InChI=1S/C7H7N5O/c1-3-4-5(6(8)13)11-12-7(4)10-2-9-3/h2H,1H3,(H2,8,13)(H,9,10,11,12). The molecule has 0 aliphatic carbocycles. The lowest BCUT2D eigenvalue weighted by Crippen LogP contribution is -2.12. The predicted octanol–water partition coefficient (Wildman–Crippen LogP) is -0.240. The minimum atomic E-state index is -0.555. The molecule has 66 valence electrons. The number of carbonyl (C=O) groups is 1. The number of nitrogens with one attached hydrogen (secondary N) is 1. The number of aromatic nitrogens is 4. The zero-order valence-corrected chi connectivity index (χ0v) is 6.90. The van der Waals surface area contributed by atoms with E-state index >= 15 is 0 Å². The highest BCUT2D eigenvalue weighted by Gasteiger charge is 2.13. The van der Waals surface area contributed by atoms with Gasteiger partial charge in [0.2, 0.25) is 0 Å². The Hall–Kier alpha value is -1.98. The van der Waals surface area contributed by atoms with E-state index in [2.05, 4.69) is 20.2 Å². The zero-order valence-electron chi connectivity index (χ0n) is 6.90. The average Bonchev–Trinajstić information content (AvgIpc) is 2.49.